The van der Waals surface area contributed by atoms with Crippen LogP contribution < -0.4 is 15.0 Å². The summed E-state index contributed by atoms with van der Waals surface area (Å²) in [7, 11) is 3.14. The number of carbonyl (C=O) groups is 3. The number of hydrogen-bond donors (Lipinski definition) is 1. The van der Waals surface area contributed by atoms with Gasteiger partial charge in [-0.25, -0.2) is 9.69 Å². The predicted molar refractivity (Wildman–Crippen MR) is 128 cm³/mol. The number of methoxy groups -OCH3 is 1. The molecule has 3 rings (SSSR count). The molecule has 1 aliphatic heterocycles. The molecule has 1 aromatic carbocycles. The summed E-state index contributed by atoms with van der Waals surface area (Å²) in [5.41, 5.74) is -0.857. The van der Waals surface area contributed by atoms with Crippen LogP contribution in [-0.2, 0) is 20.9 Å². The third-order valence-electron chi connectivity index (χ3n) is 5.73. The van der Waals surface area contributed by atoms with E-state index in [1.807, 2.05) is 0 Å². The second-order valence-electron chi connectivity index (χ2n) is 8.93. The number of halogens is 3. The molecule has 1 fully saturated rings. The number of alkyl halides is 3. The highest BCUT2D eigenvalue weighted by Gasteiger charge is 2.52. The lowest BCUT2D eigenvalue weighted by molar-refractivity contribution is -0.274. The van der Waals surface area contributed by atoms with Crippen LogP contribution in [0, 0.1) is 0 Å². The highest BCUT2D eigenvalue weighted by atomic mass is 19.4. The normalized spacial score (nSPS) is 15.5. The number of rotatable bonds is 10. The van der Waals surface area contributed by atoms with E-state index in [1.54, 1.807) is 50.3 Å². The largest absolute Gasteiger partial charge is 0.573 e. The number of benzene rings is 1. The molecule has 2 aromatic rings. The Bertz CT molecular complexity index is 1140. The summed E-state index contributed by atoms with van der Waals surface area (Å²) < 4.78 is 48.0. The molecule has 1 aliphatic rings. The van der Waals surface area contributed by atoms with Gasteiger partial charge in [-0.3, -0.25) is 19.5 Å². The van der Waals surface area contributed by atoms with Crippen molar-refractivity contribution in [1.29, 1.82) is 0 Å². The fourth-order valence-electron chi connectivity index (χ4n) is 3.73. The molecule has 1 aromatic heterocycles. The molecule has 4 amide bonds. The molecule has 0 bridgehead atoms. The number of hydrogen-bond acceptors (Lipinski definition) is 7. The van der Waals surface area contributed by atoms with E-state index < -0.39 is 35.5 Å². The fourth-order valence-corrected chi connectivity index (χ4v) is 3.73. The number of amides is 4. The first kappa shape index (κ1) is 27.9. The first-order valence-electron chi connectivity index (χ1n) is 11.3. The number of nitrogens with one attached hydrogen (secondary N) is 1. The Balaban J connectivity index is 1.91. The van der Waals surface area contributed by atoms with E-state index in [0.29, 0.717) is 13.2 Å². The van der Waals surface area contributed by atoms with Gasteiger partial charge in [0.25, 0.3) is 5.91 Å². The standard InChI is InChI=1S/C24H28F3N5O5/c1-23(2)21(34)32(22(35)31(23)14-16-7-9-28-10-8-16)17-5-6-19(37-24(25,26)27)18(13-17)29-20(33)15-30(3)11-12-36-4/h5-10,13H,11-12,14-15H2,1-4H3,(H,29,33). The molecular weight excluding hydrogens is 495 g/mol. The maximum atomic E-state index is 13.3. The van der Waals surface area contributed by atoms with E-state index in [0.717, 1.165) is 28.7 Å². The third kappa shape index (κ3) is 6.74. The van der Waals surface area contributed by atoms with Crippen molar-refractivity contribution in [2.75, 3.05) is 44.1 Å². The second-order valence-corrected chi connectivity index (χ2v) is 8.93. The molecule has 2 heterocycles. The van der Waals surface area contributed by atoms with E-state index in [-0.39, 0.29) is 24.5 Å². The Kier molecular flexibility index (Phi) is 8.39. The highest BCUT2D eigenvalue weighted by Crippen LogP contribution is 2.38. The van der Waals surface area contributed by atoms with Gasteiger partial charge in [0, 0.05) is 32.6 Å². The van der Waals surface area contributed by atoms with Crippen LogP contribution >= 0.6 is 0 Å². The van der Waals surface area contributed by atoms with Crippen molar-refractivity contribution in [1.82, 2.24) is 14.8 Å². The van der Waals surface area contributed by atoms with Crippen molar-refractivity contribution >= 4 is 29.2 Å². The van der Waals surface area contributed by atoms with Crippen LogP contribution in [-0.4, -0.2) is 78.4 Å². The lowest BCUT2D eigenvalue weighted by atomic mass is 10.0. The van der Waals surface area contributed by atoms with Crippen LogP contribution in [0.25, 0.3) is 0 Å². The van der Waals surface area contributed by atoms with E-state index >= 15 is 0 Å². The Morgan fingerprint density at radius 2 is 1.84 bits per heavy atom. The van der Waals surface area contributed by atoms with Crippen LogP contribution in [0.1, 0.15) is 19.4 Å². The molecule has 37 heavy (non-hydrogen) atoms. The Morgan fingerprint density at radius 3 is 2.46 bits per heavy atom. The molecule has 200 valence electrons. The molecule has 1 saturated heterocycles. The minimum atomic E-state index is -5.03. The van der Waals surface area contributed by atoms with Gasteiger partial charge in [-0.05, 0) is 56.8 Å². The summed E-state index contributed by atoms with van der Waals surface area (Å²) in [6, 6.07) is 5.97. The van der Waals surface area contributed by atoms with E-state index in [9.17, 15) is 27.6 Å². The molecule has 0 unspecified atom stereocenters. The average Bonchev–Trinajstić information content (AvgIpc) is 2.98. The average molecular weight is 524 g/mol. The van der Waals surface area contributed by atoms with Gasteiger partial charge in [-0.15, -0.1) is 13.2 Å². The summed E-state index contributed by atoms with van der Waals surface area (Å²) in [5.74, 6) is -1.88. The molecule has 0 spiro atoms. The zero-order valence-electron chi connectivity index (χ0n) is 20.8. The van der Waals surface area contributed by atoms with Gasteiger partial charge in [-0.1, -0.05) is 0 Å². The van der Waals surface area contributed by atoms with Crippen LogP contribution in [0.5, 0.6) is 5.75 Å². The van der Waals surface area contributed by atoms with Gasteiger partial charge in [-0.2, -0.15) is 0 Å². The maximum absolute atomic E-state index is 13.3. The van der Waals surface area contributed by atoms with E-state index in [1.165, 1.54) is 12.0 Å². The van der Waals surface area contributed by atoms with Crippen LogP contribution in [0.2, 0.25) is 0 Å². The SMILES string of the molecule is COCCN(C)CC(=O)Nc1cc(N2C(=O)N(Cc3ccncc3)C(C)(C)C2=O)ccc1OC(F)(F)F. The molecule has 13 heteroatoms. The smallest absolute Gasteiger partial charge is 0.404 e. The highest BCUT2D eigenvalue weighted by molar-refractivity contribution is 6.23. The van der Waals surface area contributed by atoms with Crippen molar-refractivity contribution in [2.45, 2.75) is 32.3 Å². The van der Waals surface area contributed by atoms with Crippen LogP contribution in [0.15, 0.2) is 42.7 Å². The number of aromatic nitrogens is 1. The molecular formula is C24H28F3N5O5. The second kappa shape index (κ2) is 11.1. The van der Waals surface area contributed by atoms with Crippen LogP contribution in [0.4, 0.5) is 29.3 Å². The predicted octanol–water partition coefficient (Wildman–Crippen LogP) is 3.24. The molecule has 1 N–H and O–H groups in total. The Morgan fingerprint density at radius 1 is 1.16 bits per heavy atom. The Labute approximate surface area is 211 Å². The van der Waals surface area contributed by atoms with Gasteiger partial charge >= 0.3 is 12.4 Å². The number of urea groups is 1. The number of carbonyl (C=O) groups excluding carboxylic acids is 3. The lowest BCUT2D eigenvalue weighted by Gasteiger charge is -2.27. The van der Waals surface area contributed by atoms with Crippen molar-refractivity contribution < 1.29 is 37.0 Å². The van der Waals surface area contributed by atoms with Crippen molar-refractivity contribution in [3.8, 4) is 5.75 Å². The summed E-state index contributed by atoms with van der Waals surface area (Å²) >= 11 is 0. The van der Waals surface area contributed by atoms with Crippen molar-refractivity contribution in [3.63, 3.8) is 0 Å². The number of imide groups is 1. The van der Waals surface area contributed by atoms with Gasteiger partial charge in [0.15, 0.2) is 5.75 Å². The summed E-state index contributed by atoms with van der Waals surface area (Å²) in [6.07, 6.45) is -1.91. The van der Waals surface area contributed by atoms with E-state index in [2.05, 4.69) is 15.0 Å². The number of pyridine rings is 1. The van der Waals surface area contributed by atoms with Gasteiger partial charge in [0.05, 0.1) is 24.5 Å². The van der Waals surface area contributed by atoms with Crippen molar-refractivity contribution in [3.05, 3.63) is 48.3 Å². The summed E-state index contributed by atoms with van der Waals surface area (Å²) in [5, 5.41) is 2.39. The minimum Gasteiger partial charge on any atom is -0.404 e. The number of likely N-dealkylation sites (N-methyl/N-ethyl adjacent to an activating group) is 1. The number of ether oxygens (including phenoxy) is 2. The number of nitrogens with zero attached hydrogens (tertiary/aromatic N) is 4. The molecule has 0 atom stereocenters. The Hall–Kier alpha value is -3.71. The molecule has 0 aliphatic carbocycles. The lowest BCUT2D eigenvalue weighted by Crippen LogP contribution is -2.43. The van der Waals surface area contributed by atoms with Crippen LogP contribution in [0.3, 0.4) is 0 Å². The molecule has 0 radical (unpaired) electrons. The maximum Gasteiger partial charge on any atom is 0.573 e. The quantitative estimate of drug-likeness (QED) is 0.477. The molecule has 0 saturated carbocycles. The fraction of sp³-hybridized carbons (Fsp3) is 0.417. The third-order valence-corrected chi connectivity index (χ3v) is 5.73. The number of anilines is 2. The molecule has 10 nitrogen and oxygen atoms in total. The van der Waals surface area contributed by atoms with Crippen molar-refractivity contribution in [2.24, 2.45) is 0 Å². The van der Waals surface area contributed by atoms with E-state index in [4.69, 9.17) is 4.74 Å². The first-order chi connectivity index (χ1) is 17.3. The zero-order chi connectivity index (χ0) is 27.4. The van der Waals surface area contributed by atoms with Gasteiger partial charge in [0.2, 0.25) is 5.91 Å². The minimum absolute atomic E-state index is 0.0159. The van der Waals surface area contributed by atoms with Gasteiger partial charge < -0.3 is 19.7 Å². The summed E-state index contributed by atoms with van der Waals surface area (Å²) in [4.78, 5) is 46.9. The monoisotopic (exact) mass is 523 g/mol. The first-order valence-corrected chi connectivity index (χ1v) is 11.3. The topological polar surface area (TPSA) is 104 Å². The van der Waals surface area contributed by atoms with Gasteiger partial charge in [0.1, 0.15) is 5.54 Å². The zero-order valence-corrected chi connectivity index (χ0v) is 20.8. The summed E-state index contributed by atoms with van der Waals surface area (Å²) in [6.45, 7) is 3.89.